The highest BCUT2D eigenvalue weighted by Crippen LogP contribution is 2.33. The third-order valence-electron chi connectivity index (χ3n) is 3.55. The fraction of sp³-hybridized carbons (Fsp3) is 0.750. The summed E-state index contributed by atoms with van der Waals surface area (Å²) in [6.07, 6.45) is 1.72. The summed E-state index contributed by atoms with van der Waals surface area (Å²) >= 11 is 6.27. The van der Waals surface area contributed by atoms with Crippen LogP contribution in [0.3, 0.4) is 0 Å². The number of nitrogens with zero attached hydrogens (tertiary/aromatic N) is 3. The summed E-state index contributed by atoms with van der Waals surface area (Å²) in [7, 11) is 6.11. The summed E-state index contributed by atoms with van der Waals surface area (Å²) < 4.78 is 1.95. The number of aromatic nitrogens is 2. The van der Waals surface area contributed by atoms with E-state index in [1.165, 1.54) is 0 Å². The molecule has 1 heterocycles. The second-order valence-corrected chi connectivity index (χ2v) is 5.37. The number of hydrogen-bond donors (Lipinski definition) is 1. The predicted octanol–water partition coefficient (Wildman–Crippen LogP) is 2.16. The van der Waals surface area contributed by atoms with Crippen LogP contribution in [0.1, 0.15) is 32.5 Å². The highest BCUT2D eigenvalue weighted by molar-refractivity contribution is 6.31. The molecule has 1 N–H and O–H groups in total. The Morgan fingerprint density at radius 1 is 1.53 bits per heavy atom. The van der Waals surface area contributed by atoms with Crippen LogP contribution in [0.2, 0.25) is 5.02 Å². The molecular formula is C12H23ClN4. The van der Waals surface area contributed by atoms with Crippen molar-refractivity contribution in [2.75, 3.05) is 21.1 Å². The van der Waals surface area contributed by atoms with Gasteiger partial charge >= 0.3 is 0 Å². The molecular weight excluding hydrogens is 236 g/mol. The van der Waals surface area contributed by atoms with Crippen LogP contribution in [0.15, 0.2) is 6.20 Å². The van der Waals surface area contributed by atoms with Gasteiger partial charge in [-0.3, -0.25) is 4.68 Å². The molecule has 1 aromatic heterocycles. The fourth-order valence-electron chi connectivity index (χ4n) is 1.99. The monoisotopic (exact) mass is 258 g/mol. The Balaban J connectivity index is 3.22. The maximum atomic E-state index is 6.27. The number of aryl methyl sites for hydroxylation is 1. The number of likely N-dealkylation sites (N-methyl/N-ethyl adjacent to an activating group) is 2. The van der Waals surface area contributed by atoms with Crippen LogP contribution in [-0.4, -0.2) is 41.4 Å². The van der Waals surface area contributed by atoms with E-state index in [0.29, 0.717) is 0 Å². The lowest BCUT2D eigenvalue weighted by Crippen LogP contribution is -2.49. The van der Waals surface area contributed by atoms with Crippen molar-refractivity contribution in [3.8, 4) is 0 Å². The molecule has 1 unspecified atom stereocenters. The van der Waals surface area contributed by atoms with Gasteiger partial charge in [0.15, 0.2) is 0 Å². The third-order valence-corrected chi connectivity index (χ3v) is 3.85. The zero-order chi connectivity index (χ0) is 13.2. The van der Waals surface area contributed by atoms with Crippen LogP contribution in [0.5, 0.6) is 0 Å². The van der Waals surface area contributed by atoms with Crippen LogP contribution in [0.4, 0.5) is 0 Å². The summed E-state index contributed by atoms with van der Waals surface area (Å²) in [6.45, 7) is 7.28. The van der Waals surface area contributed by atoms with E-state index < -0.39 is 0 Å². The zero-order valence-corrected chi connectivity index (χ0v) is 12.3. The molecule has 1 aromatic rings. The van der Waals surface area contributed by atoms with Gasteiger partial charge < -0.3 is 10.2 Å². The summed E-state index contributed by atoms with van der Waals surface area (Å²) in [4.78, 5) is 2.19. The molecule has 0 saturated carbocycles. The van der Waals surface area contributed by atoms with Gasteiger partial charge in [0.1, 0.15) is 0 Å². The van der Waals surface area contributed by atoms with Crippen molar-refractivity contribution in [3.63, 3.8) is 0 Å². The molecule has 0 spiro atoms. The van der Waals surface area contributed by atoms with E-state index in [9.17, 15) is 0 Å². The third kappa shape index (κ3) is 2.64. The van der Waals surface area contributed by atoms with Crippen molar-refractivity contribution >= 4 is 11.6 Å². The number of nitrogens with one attached hydrogen (secondary N) is 1. The Labute approximate surface area is 109 Å². The Kier molecular flexibility index (Phi) is 4.58. The topological polar surface area (TPSA) is 33.1 Å². The van der Waals surface area contributed by atoms with Gasteiger partial charge in [0.05, 0.1) is 23.0 Å². The second kappa shape index (κ2) is 5.38. The van der Waals surface area contributed by atoms with Crippen LogP contribution in [0.25, 0.3) is 0 Å². The molecule has 0 aliphatic carbocycles. The van der Waals surface area contributed by atoms with E-state index in [4.69, 9.17) is 11.6 Å². The summed E-state index contributed by atoms with van der Waals surface area (Å²) in [6, 6.07) is 0.132. The fourth-order valence-corrected chi connectivity index (χ4v) is 2.24. The quantitative estimate of drug-likeness (QED) is 0.879. The van der Waals surface area contributed by atoms with Crippen molar-refractivity contribution in [1.82, 2.24) is 20.0 Å². The minimum Gasteiger partial charge on any atom is -0.310 e. The van der Waals surface area contributed by atoms with Gasteiger partial charge in [-0.25, -0.2) is 0 Å². The normalized spacial score (nSPS) is 14.4. The maximum absolute atomic E-state index is 6.27. The Hall–Kier alpha value is -0.580. The minimum atomic E-state index is -0.0503. The molecule has 0 aliphatic heterocycles. The molecule has 1 rings (SSSR count). The number of hydrogen-bond acceptors (Lipinski definition) is 3. The number of halogens is 1. The second-order valence-electron chi connectivity index (χ2n) is 4.96. The van der Waals surface area contributed by atoms with Crippen LogP contribution in [-0.2, 0) is 6.54 Å². The SMILES string of the molecule is CCn1ncc(Cl)c1C(NC)C(C)(C)N(C)C. The van der Waals surface area contributed by atoms with Gasteiger partial charge in [0.2, 0.25) is 0 Å². The first-order valence-electron chi connectivity index (χ1n) is 5.92. The first kappa shape index (κ1) is 14.5. The first-order valence-corrected chi connectivity index (χ1v) is 6.29. The van der Waals surface area contributed by atoms with Crippen LogP contribution in [0, 0.1) is 0 Å². The average molecular weight is 259 g/mol. The van der Waals surface area contributed by atoms with Gasteiger partial charge in [-0.05, 0) is 41.9 Å². The first-order chi connectivity index (χ1) is 7.86. The van der Waals surface area contributed by atoms with Crippen molar-refractivity contribution in [1.29, 1.82) is 0 Å². The summed E-state index contributed by atoms with van der Waals surface area (Å²) in [5.74, 6) is 0. The minimum absolute atomic E-state index is 0.0503. The lowest BCUT2D eigenvalue weighted by molar-refractivity contribution is 0.137. The van der Waals surface area contributed by atoms with Crippen molar-refractivity contribution < 1.29 is 0 Å². The summed E-state index contributed by atoms with van der Waals surface area (Å²) in [5, 5.41) is 8.38. The largest absolute Gasteiger partial charge is 0.310 e. The highest BCUT2D eigenvalue weighted by Gasteiger charge is 2.35. The van der Waals surface area contributed by atoms with Crippen molar-refractivity contribution in [2.24, 2.45) is 0 Å². The highest BCUT2D eigenvalue weighted by atomic mass is 35.5. The van der Waals surface area contributed by atoms with E-state index in [1.54, 1.807) is 6.20 Å². The molecule has 0 amide bonds. The van der Waals surface area contributed by atoms with Crippen LogP contribution >= 0.6 is 11.6 Å². The predicted molar refractivity (Wildman–Crippen MR) is 72.5 cm³/mol. The Morgan fingerprint density at radius 2 is 2.12 bits per heavy atom. The average Bonchev–Trinajstić information content (AvgIpc) is 2.61. The molecule has 4 nitrogen and oxygen atoms in total. The molecule has 0 aliphatic rings. The zero-order valence-electron chi connectivity index (χ0n) is 11.6. The van der Waals surface area contributed by atoms with Crippen LogP contribution < -0.4 is 5.32 Å². The molecule has 1 atom stereocenters. The molecule has 0 bridgehead atoms. The lowest BCUT2D eigenvalue weighted by atomic mass is 9.90. The van der Waals surface area contributed by atoms with Gasteiger partial charge in [-0.15, -0.1) is 0 Å². The van der Waals surface area contributed by atoms with E-state index in [0.717, 1.165) is 17.3 Å². The maximum Gasteiger partial charge on any atom is 0.0834 e. The van der Waals surface area contributed by atoms with Gasteiger partial charge in [0.25, 0.3) is 0 Å². The van der Waals surface area contributed by atoms with Gasteiger partial charge in [0, 0.05) is 12.1 Å². The van der Waals surface area contributed by atoms with E-state index in [-0.39, 0.29) is 11.6 Å². The standard InChI is InChI=1S/C12H23ClN4/c1-7-17-10(9(13)8-15-17)11(14-4)12(2,3)16(5)6/h8,11,14H,7H2,1-6H3. The van der Waals surface area contributed by atoms with E-state index in [2.05, 4.69) is 50.2 Å². The lowest BCUT2D eigenvalue weighted by Gasteiger charge is -2.40. The smallest absolute Gasteiger partial charge is 0.0834 e. The molecule has 0 aromatic carbocycles. The molecule has 5 heteroatoms. The van der Waals surface area contributed by atoms with Gasteiger partial charge in [-0.1, -0.05) is 11.6 Å². The van der Waals surface area contributed by atoms with Gasteiger partial charge in [-0.2, -0.15) is 5.10 Å². The molecule has 0 saturated heterocycles. The molecule has 0 fully saturated rings. The Bertz CT molecular complexity index is 371. The molecule has 98 valence electrons. The molecule has 0 radical (unpaired) electrons. The van der Waals surface area contributed by atoms with Crippen molar-refractivity contribution in [3.05, 3.63) is 16.9 Å². The summed E-state index contributed by atoms with van der Waals surface area (Å²) in [5.41, 5.74) is 1.00. The van der Waals surface area contributed by atoms with E-state index >= 15 is 0 Å². The Morgan fingerprint density at radius 3 is 2.53 bits per heavy atom. The number of rotatable bonds is 5. The van der Waals surface area contributed by atoms with E-state index in [1.807, 2.05) is 11.7 Å². The van der Waals surface area contributed by atoms with Crippen molar-refractivity contribution in [2.45, 2.75) is 38.9 Å². The molecule has 17 heavy (non-hydrogen) atoms.